The molecule has 6 amide bonds. The number of urea groups is 1. The van der Waals surface area contributed by atoms with Crippen LogP contribution in [0.4, 0.5) is 4.79 Å². The Morgan fingerprint density at radius 2 is 1.76 bits per heavy atom. The van der Waals surface area contributed by atoms with Crippen LogP contribution in [0.5, 0.6) is 0 Å². The van der Waals surface area contributed by atoms with Crippen molar-refractivity contribution in [3.05, 3.63) is 0 Å². The van der Waals surface area contributed by atoms with Crippen molar-refractivity contribution in [1.29, 1.82) is 0 Å². The maximum atomic E-state index is 12.0. The number of hydrogen-bond donors (Lipinski definition) is 1. The molecule has 0 unspecified atom stereocenters. The highest BCUT2D eigenvalue weighted by Gasteiger charge is 2.46. The fraction of sp³-hybridized carbons (Fsp3) is 0.583. The molecule has 0 atom stereocenters. The predicted molar refractivity (Wildman–Crippen MR) is 70.8 cm³/mol. The average Bonchev–Trinajstić information content (AvgIpc) is 2.62. The van der Waals surface area contributed by atoms with E-state index >= 15 is 0 Å². The van der Waals surface area contributed by atoms with Crippen LogP contribution in [0.15, 0.2) is 0 Å². The summed E-state index contributed by atoms with van der Waals surface area (Å²) in [5, 5.41) is 2.35. The van der Waals surface area contributed by atoms with Gasteiger partial charge in [-0.2, -0.15) is 0 Å². The largest absolute Gasteiger partial charge is 0.358 e. The summed E-state index contributed by atoms with van der Waals surface area (Å²) in [6, 6.07) is -1.29. The predicted octanol–water partition coefficient (Wildman–Crippen LogP) is -1.61. The number of amides is 6. The zero-order valence-electron chi connectivity index (χ0n) is 12.4. The molecule has 9 nitrogen and oxygen atoms in total. The second-order valence-corrected chi connectivity index (χ2v) is 4.87. The van der Waals surface area contributed by atoms with E-state index in [1.807, 2.05) is 0 Å². The Labute approximate surface area is 121 Å². The molecule has 116 valence electrons. The first kappa shape index (κ1) is 16.6. The van der Waals surface area contributed by atoms with Crippen molar-refractivity contribution in [1.82, 2.24) is 20.0 Å². The number of imide groups is 2. The zero-order chi connectivity index (χ0) is 16.3. The quantitative estimate of drug-likeness (QED) is 0.485. The molecule has 1 N–H and O–H groups in total. The van der Waals surface area contributed by atoms with Gasteiger partial charge >= 0.3 is 17.8 Å². The third kappa shape index (κ3) is 3.36. The Hall–Kier alpha value is -2.45. The average molecular weight is 298 g/mol. The number of carbonyl (C=O) groups is 5. The Morgan fingerprint density at radius 3 is 2.19 bits per heavy atom. The van der Waals surface area contributed by atoms with Crippen LogP contribution in [0.2, 0.25) is 0 Å². The van der Waals surface area contributed by atoms with Gasteiger partial charge in [-0.05, 0) is 13.8 Å². The molecule has 1 heterocycles. The van der Waals surface area contributed by atoms with Gasteiger partial charge in [0.25, 0.3) is 0 Å². The van der Waals surface area contributed by atoms with E-state index in [0.29, 0.717) is 4.90 Å². The molecule has 1 fully saturated rings. The summed E-state index contributed by atoms with van der Waals surface area (Å²) in [6.45, 7) is 2.41. The number of carbonyl (C=O) groups excluding carboxylic acids is 5. The maximum Gasteiger partial charge on any atom is 0.334 e. The molecule has 0 bridgehead atoms. The Balaban J connectivity index is 2.77. The van der Waals surface area contributed by atoms with E-state index in [1.54, 1.807) is 13.8 Å². The Morgan fingerprint density at radius 1 is 1.19 bits per heavy atom. The summed E-state index contributed by atoms with van der Waals surface area (Å²) < 4.78 is 0. The highest BCUT2D eigenvalue weighted by Crippen LogP contribution is 2.15. The van der Waals surface area contributed by atoms with E-state index in [-0.39, 0.29) is 12.5 Å². The van der Waals surface area contributed by atoms with Crippen molar-refractivity contribution in [2.45, 2.75) is 19.9 Å². The van der Waals surface area contributed by atoms with Gasteiger partial charge in [-0.3, -0.25) is 24.1 Å². The molecular formula is C12H18N4O5. The summed E-state index contributed by atoms with van der Waals surface area (Å²) >= 11 is 0. The van der Waals surface area contributed by atoms with Gasteiger partial charge in [0.15, 0.2) is 0 Å². The molecule has 0 aromatic carbocycles. The van der Waals surface area contributed by atoms with Crippen molar-refractivity contribution >= 4 is 29.7 Å². The maximum absolute atomic E-state index is 12.0. The van der Waals surface area contributed by atoms with Crippen LogP contribution in [0, 0.1) is 0 Å². The number of rotatable bonds is 5. The fourth-order valence-corrected chi connectivity index (χ4v) is 1.76. The first-order chi connectivity index (χ1) is 9.70. The highest BCUT2D eigenvalue weighted by molar-refractivity contribution is 6.45. The van der Waals surface area contributed by atoms with E-state index in [0.717, 1.165) is 9.80 Å². The molecule has 1 aliphatic heterocycles. The normalized spacial score (nSPS) is 15.0. The standard InChI is InChI=1S/C12H18N4O5/c1-7(2)16-11(20)10(19)15(12(16)21)6-9(18)14(4)5-8(17)13-3/h7H,5-6H2,1-4H3,(H,13,17). The molecule has 0 aromatic heterocycles. The lowest BCUT2D eigenvalue weighted by Gasteiger charge is -2.21. The highest BCUT2D eigenvalue weighted by atomic mass is 16.2. The summed E-state index contributed by atoms with van der Waals surface area (Å²) in [5.41, 5.74) is 0. The number of likely N-dealkylation sites (N-methyl/N-ethyl adjacent to an activating group) is 2. The van der Waals surface area contributed by atoms with Gasteiger partial charge in [-0.15, -0.1) is 0 Å². The van der Waals surface area contributed by atoms with Crippen molar-refractivity contribution < 1.29 is 24.0 Å². The molecule has 1 aliphatic rings. The lowest BCUT2D eigenvalue weighted by Crippen LogP contribution is -2.45. The molecule has 0 aliphatic carbocycles. The number of nitrogens with one attached hydrogen (secondary N) is 1. The Bertz CT molecular complexity index is 502. The van der Waals surface area contributed by atoms with Crippen LogP contribution in [-0.4, -0.2) is 77.6 Å². The van der Waals surface area contributed by atoms with Gasteiger partial charge < -0.3 is 10.2 Å². The van der Waals surface area contributed by atoms with Crippen LogP contribution >= 0.6 is 0 Å². The minimum Gasteiger partial charge on any atom is -0.358 e. The van der Waals surface area contributed by atoms with Crippen molar-refractivity contribution in [2.24, 2.45) is 0 Å². The molecule has 1 saturated heterocycles. The van der Waals surface area contributed by atoms with Gasteiger partial charge in [-0.25, -0.2) is 9.69 Å². The van der Waals surface area contributed by atoms with Crippen LogP contribution in [0.1, 0.15) is 13.8 Å². The van der Waals surface area contributed by atoms with Crippen LogP contribution in [-0.2, 0) is 19.2 Å². The van der Waals surface area contributed by atoms with Gasteiger partial charge in [0.2, 0.25) is 11.8 Å². The minimum atomic E-state index is -1.03. The minimum absolute atomic E-state index is 0.201. The summed E-state index contributed by atoms with van der Waals surface area (Å²) in [4.78, 5) is 60.9. The zero-order valence-corrected chi connectivity index (χ0v) is 12.4. The van der Waals surface area contributed by atoms with Gasteiger partial charge in [-0.1, -0.05) is 0 Å². The second kappa shape index (κ2) is 6.33. The summed E-state index contributed by atoms with van der Waals surface area (Å²) in [5.74, 6) is -2.98. The number of nitrogens with zero attached hydrogens (tertiary/aromatic N) is 3. The van der Waals surface area contributed by atoms with E-state index in [4.69, 9.17) is 0 Å². The second-order valence-electron chi connectivity index (χ2n) is 4.87. The van der Waals surface area contributed by atoms with Crippen molar-refractivity contribution in [2.75, 3.05) is 27.2 Å². The molecule has 0 saturated carbocycles. The summed E-state index contributed by atoms with van der Waals surface area (Å²) in [6.07, 6.45) is 0. The molecule has 0 spiro atoms. The molecule has 9 heteroatoms. The number of hydrogen-bond acceptors (Lipinski definition) is 5. The third-order valence-electron chi connectivity index (χ3n) is 2.98. The lowest BCUT2D eigenvalue weighted by atomic mass is 10.3. The molecule has 0 aromatic rings. The van der Waals surface area contributed by atoms with Gasteiger partial charge in [0.05, 0.1) is 6.54 Å². The van der Waals surface area contributed by atoms with Crippen LogP contribution in [0.3, 0.4) is 0 Å². The van der Waals surface area contributed by atoms with Gasteiger partial charge in [0, 0.05) is 20.1 Å². The Kier molecular flexibility index (Phi) is 5.01. The SMILES string of the molecule is CNC(=O)CN(C)C(=O)CN1C(=O)C(=O)N(C(C)C)C1=O. The summed E-state index contributed by atoms with van der Waals surface area (Å²) in [7, 11) is 2.79. The first-order valence-electron chi connectivity index (χ1n) is 6.34. The van der Waals surface area contributed by atoms with E-state index in [2.05, 4.69) is 5.32 Å². The molecule has 21 heavy (non-hydrogen) atoms. The van der Waals surface area contributed by atoms with Crippen LogP contribution in [0.25, 0.3) is 0 Å². The van der Waals surface area contributed by atoms with E-state index in [9.17, 15) is 24.0 Å². The topological polar surface area (TPSA) is 107 Å². The first-order valence-corrected chi connectivity index (χ1v) is 6.34. The molecular weight excluding hydrogens is 280 g/mol. The third-order valence-corrected chi connectivity index (χ3v) is 2.98. The molecule has 1 rings (SSSR count). The monoisotopic (exact) mass is 298 g/mol. The van der Waals surface area contributed by atoms with Crippen molar-refractivity contribution in [3.63, 3.8) is 0 Å². The van der Waals surface area contributed by atoms with Crippen LogP contribution < -0.4 is 5.32 Å². The lowest BCUT2D eigenvalue weighted by molar-refractivity contribution is -0.145. The van der Waals surface area contributed by atoms with Gasteiger partial charge in [0.1, 0.15) is 6.54 Å². The van der Waals surface area contributed by atoms with E-state index < -0.39 is 36.3 Å². The van der Waals surface area contributed by atoms with E-state index in [1.165, 1.54) is 14.1 Å². The molecule has 0 radical (unpaired) electrons. The van der Waals surface area contributed by atoms with Crippen molar-refractivity contribution in [3.8, 4) is 0 Å². The fourth-order valence-electron chi connectivity index (χ4n) is 1.76. The smallest absolute Gasteiger partial charge is 0.334 e.